The molecule has 0 radical (unpaired) electrons. The van der Waals surface area contributed by atoms with Gasteiger partial charge in [-0.1, -0.05) is 98.9 Å². The second-order valence-electron chi connectivity index (χ2n) is 10.3. The Morgan fingerprint density at radius 1 is 0.941 bits per heavy atom. The smallest absolute Gasteiger partial charge is 0.163 e. The van der Waals surface area contributed by atoms with E-state index in [0.717, 1.165) is 35.7 Å². The first-order valence-corrected chi connectivity index (χ1v) is 13.0. The zero-order chi connectivity index (χ0) is 23.3. The molecular formula is C32H36O2. The fraction of sp³-hybridized carbons (Fsp3) is 0.406. The molecule has 0 saturated heterocycles. The average molecular weight is 453 g/mol. The van der Waals surface area contributed by atoms with Crippen LogP contribution in [0.2, 0.25) is 0 Å². The van der Waals surface area contributed by atoms with E-state index in [0.29, 0.717) is 18.9 Å². The lowest BCUT2D eigenvalue weighted by atomic mass is 9.81. The van der Waals surface area contributed by atoms with Crippen molar-refractivity contribution in [1.29, 1.82) is 0 Å². The van der Waals surface area contributed by atoms with Gasteiger partial charge in [-0.05, 0) is 53.2 Å². The second kappa shape index (κ2) is 10.7. The Hall–Kier alpha value is -2.71. The molecule has 5 aliphatic rings. The van der Waals surface area contributed by atoms with Crippen LogP contribution in [0.25, 0.3) is 0 Å². The van der Waals surface area contributed by atoms with Crippen molar-refractivity contribution in [2.75, 3.05) is 13.2 Å². The fourth-order valence-corrected chi connectivity index (χ4v) is 5.75. The van der Waals surface area contributed by atoms with Crippen molar-refractivity contribution in [1.82, 2.24) is 0 Å². The van der Waals surface area contributed by atoms with Gasteiger partial charge in [0.15, 0.2) is 5.78 Å². The van der Waals surface area contributed by atoms with Crippen molar-refractivity contribution < 1.29 is 9.53 Å². The van der Waals surface area contributed by atoms with Gasteiger partial charge in [0.05, 0.1) is 6.61 Å². The molecule has 0 aromatic carbocycles. The van der Waals surface area contributed by atoms with E-state index in [1.165, 1.54) is 55.2 Å². The number of ketones is 1. The Morgan fingerprint density at radius 2 is 1.79 bits per heavy atom. The molecule has 176 valence electrons. The van der Waals surface area contributed by atoms with Gasteiger partial charge in [-0.2, -0.15) is 0 Å². The van der Waals surface area contributed by atoms with Gasteiger partial charge < -0.3 is 4.74 Å². The quantitative estimate of drug-likeness (QED) is 0.339. The Kier molecular flexibility index (Phi) is 7.25. The highest BCUT2D eigenvalue weighted by molar-refractivity contribution is 5.99. The minimum absolute atomic E-state index is 0.197. The third kappa shape index (κ3) is 5.50. The molecule has 0 aromatic heterocycles. The molecule has 2 unspecified atom stereocenters. The summed E-state index contributed by atoms with van der Waals surface area (Å²) in [5.41, 5.74) is 6.79. The summed E-state index contributed by atoms with van der Waals surface area (Å²) in [6, 6.07) is 0. The Morgan fingerprint density at radius 3 is 2.68 bits per heavy atom. The molecule has 2 nitrogen and oxygen atoms in total. The third-order valence-corrected chi connectivity index (χ3v) is 7.77. The zero-order valence-electron chi connectivity index (χ0n) is 20.2. The number of allylic oxidation sites excluding steroid dienone is 15. The van der Waals surface area contributed by atoms with E-state index in [2.05, 4.69) is 49.1 Å². The van der Waals surface area contributed by atoms with Crippen molar-refractivity contribution in [3.8, 4) is 0 Å². The maximum Gasteiger partial charge on any atom is 0.163 e. The second-order valence-corrected chi connectivity index (χ2v) is 10.3. The van der Waals surface area contributed by atoms with Gasteiger partial charge in [-0.15, -0.1) is 0 Å². The van der Waals surface area contributed by atoms with Gasteiger partial charge in [-0.3, -0.25) is 4.79 Å². The van der Waals surface area contributed by atoms with E-state index in [1.54, 1.807) is 0 Å². The van der Waals surface area contributed by atoms with E-state index in [1.807, 2.05) is 24.3 Å². The summed E-state index contributed by atoms with van der Waals surface area (Å²) in [7, 11) is 0. The van der Waals surface area contributed by atoms with Gasteiger partial charge in [0.25, 0.3) is 0 Å². The molecule has 2 atom stereocenters. The number of fused-ring (bicyclic) bond motifs is 2. The molecule has 2 heteroatoms. The summed E-state index contributed by atoms with van der Waals surface area (Å²) < 4.78 is 6.01. The maximum absolute atomic E-state index is 12.9. The van der Waals surface area contributed by atoms with Crippen LogP contribution in [0, 0.1) is 17.8 Å². The number of ether oxygens (including phenoxy) is 1. The Bertz CT molecular complexity index is 1080. The zero-order valence-corrected chi connectivity index (χ0v) is 20.2. The predicted octanol–water partition coefficient (Wildman–Crippen LogP) is 7.47. The first kappa shape index (κ1) is 23.1. The first-order valence-electron chi connectivity index (χ1n) is 13.0. The van der Waals surface area contributed by atoms with E-state index in [-0.39, 0.29) is 11.7 Å². The Labute approximate surface area is 204 Å². The van der Waals surface area contributed by atoms with Gasteiger partial charge in [-0.25, -0.2) is 0 Å². The predicted molar refractivity (Wildman–Crippen MR) is 140 cm³/mol. The van der Waals surface area contributed by atoms with Crippen LogP contribution in [-0.2, 0) is 9.53 Å². The minimum Gasteiger partial charge on any atom is -0.377 e. The summed E-state index contributed by atoms with van der Waals surface area (Å²) in [4.78, 5) is 12.9. The van der Waals surface area contributed by atoms with Crippen LogP contribution in [-0.4, -0.2) is 19.0 Å². The topological polar surface area (TPSA) is 26.3 Å². The van der Waals surface area contributed by atoms with Crippen LogP contribution in [0.5, 0.6) is 0 Å². The molecule has 0 aliphatic heterocycles. The number of rotatable bonds is 9. The van der Waals surface area contributed by atoms with Crippen molar-refractivity contribution in [2.45, 2.75) is 51.4 Å². The van der Waals surface area contributed by atoms with Crippen LogP contribution in [0.3, 0.4) is 0 Å². The fourth-order valence-electron chi connectivity index (χ4n) is 5.75. The van der Waals surface area contributed by atoms with Crippen LogP contribution in [0.1, 0.15) is 51.4 Å². The monoisotopic (exact) mass is 452 g/mol. The molecule has 5 rings (SSSR count). The summed E-state index contributed by atoms with van der Waals surface area (Å²) in [5.74, 6) is 1.61. The maximum atomic E-state index is 12.9. The molecule has 34 heavy (non-hydrogen) atoms. The van der Waals surface area contributed by atoms with Crippen LogP contribution < -0.4 is 0 Å². The van der Waals surface area contributed by atoms with E-state index >= 15 is 0 Å². The number of carbonyl (C=O) groups is 1. The molecule has 0 N–H and O–H groups in total. The largest absolute Gasteiger partial charge is 0.377 e. The van der Waals surface area contributed by atoms with E-state index < -0.39 is 0 Å². The van der Waals surface area contributed by atoms with Crippen LogP contribution in [0.4, 0.5) is 0 Å². The Balaban J connectivity index is 1.10. The normalized spacial score (nSPS) is 25.8. The van der Waals surface area contributed by atoms with Gasteiger partial charge in [0.1, 0.15) is 0 Å². The molecule has 0 spiro atoms. The van der Waals surface area contributed by atoms with Gasteiger partial charge in [0.2, 0.25) is 0 Å². The van der Waals surface area contributed by atoms with E-state index in [4.69, 9.17) is 4.74 Å². The number of carbonyl (C=O) groups excluding carboxylic acids is 1. The summed E-state index contributed by atoms with van der Waals surface area (Å²) >= 11 is 0. The average Bonchev–Trinajstić information content (AvgIpc) is 3.28. The lowest BCUT2D eigenvalue weighted by Crippen LogP contribution is -2.12. The molecule has 1 saturated carbocycles. The standard InChI is InChI=1S/C32H36O2/c1-23-17-30(21-28-9-5-6-10-31(23)28)32(33)14-12-25-18-27-13-11-26(20-29(27)19-25)22-34-16-15-24-7-3-2-4-8-24/h5-6,9-11,13,17-21,24,29,31H,1-4,7-8,12,14-16,22H2. The molecule has 0 bridgehead atoms. The lowest BCUT2D eigenvalue weighted by molar-refractivity contribution is -0.115. The number of hydrogen-bond donors (Lipinski definition) is 0. The molecule has 5 aliphatic carbocycles. The summed E-state index contributed by atoms with van der Waals surface area (Å²) in [6.45, 7) is 5.75. The van der Waals surface area contributed by atoms with Crippen molar-refractivity contribution in [3.05, 3.63) is 107 Å². The van der Waals surface area contributed by atoms with E-state index in [9.17, 15) is 4.79 Å². The van der Waals surface area contributed by atoms with Crippen molar-refractivity contribution >= 4 is 5.78 Å². The summed E-state index contributed by atoms with van der Waals surface area (Å²) in [6.07, 6.45) is 33.1. The summed E-state index contributed by atoms with van der Waals surface area (Å²) in [5, 5.41) is 0. The minimum atomic E-state index is 0.197. The molecule has 0 aromatic rings. The third-order valence-electron chi connectivity index (χ3n) is 7.77. The van der Waals surface area contributed by atoms with Crippen LogP contribution >= 0.6 is 0 Å². The molecule has 0 heterocycles. The highest BCUT2D eigenvalue weighted by Gasteiger charge is 2.23. The molecular weight excluding hydrogens is 416 g/mol. The van der Waals surface area contributed by atoms with Crippen molar-refractivity contribution in [2.24, 2.45) is 17.8 Å². The first-order chi connectivity index (χ1) is 16.7. The molecule has 1 fully saturated rings. The van der Waals surface area contributed by atoms with Crippen LogP contribution in [0.15, 0.2) is 107 Å². The SMILES string of the molecule is C=C1C=C(C(=O)CCC2=CC3C=C(COCCC4CCCCC4)C=CC3=C2)C=C2C=CC=CC12. The molecule has 0 amide bonds. The highest BCUT2D eigenvalue weighted by Crippen LogP contribution is 2.35. The highest BCUT2D eigenvalue weighted by atomic mass is 16.5. The lowest BCUT2D eigenvalue weighted by Gasteiger charge is -2.22. The van der Waals surface area contributed by atoms with Crippen molar-refractivity contribution in [3.63, 3.8) is 0 Å². The number of Topliss-reactive ketones (excluding diaryl/α,β-unsaturated/α-hetero) is 1. The van der Waals surface area contributed by atoms with Gasteiger partial charge in [0, 0.05) is 30.4 Å². The van der Waals surface area contributed by atoms with Gasteiger partial charge >= 0.3 is 0 Å². The number of hydrogen-bond acceptors (Lipinski definition) is 2.